The standard InChI is InChI=1S/C15H32NO4P/c1-12(2)14-8-7-13(3)11-15(14)20-21(17,18)19-10-9-16(4,5)6/h12-15H,7-11H2,1-6H3/p+1/t13-,14+,15-/m1/s1. The van der Waals surface area contributed by atoms with E-state index < -0.39 is 7.82 Å². The van der Waals surface area contributed by atoms with E-state index in [1.807, 2.05) is 21.1 Å². The first kappa shape index (κ1) is 19.1. The normalized spacial score (nSPS) is 30.4. The van der Waals surface area contributed by atoms with Crippen LogP contribution in [-0.4, -0.2) is 49.8 Å². The molecule has 1 fully saturated rings. The van der Waals surface area contributed by atoms with Crippen LogP contribution < -0.4 is 0 Å². The van der Waals surface area contributed by atoms with Crippen LogP contribution >= 0.6 is 7.82 Å². The van der Waals surface area contributed by atoms with Gasteiger partial charge in [0.2, 0.25) is 0 Å². The zero-order valence-corrected chi connectivity index (χ0v) is 15.3. The number of phosphoric ester groups is 1. The average molecular weight is 322 g/mol. The fourth-order valence-electron chi connectivity index (χ4n) is 2.87. The second-order valence-corrected chi connectivity index (χ2v) is 9.19. The zero-order chi connectivity index (χ0) is 16.3. The minimum Gasteiger partial charge on any atom is -0.329 e. The quantitative estimate of drug-likeness (QED) is 0.577. The van der Waals surface area contributed by atoms with Crippen LogP contribution in [0.3, 0.4) is 0 Å². The first-order valence-corrected chi connectivity index (χ1v) is 9.46. The lowest BCUT2D eigenvalue weighted by Gasteiger charge is -2.37. The summed E-state index contributed by atoms with van der Waals surface area (Å²) in [7, 11) is 2.09. The lowest BCUT2D eigenvalue weighted by molar-refractivity contribution is -0.870. The summed E-state index contributed by atoms with van der Waals surface area (Å²) < 4.78 is 23.5. The van der Waals surface area contributed by atoms with E-state index in [-0.39, 0.29) is 12.7 Å². The molecule has 1 unspecified atom stereocenters. The van der Waals surface area contributed by atoms with Gasteiger partial charge < -0.3 is 9.38 Å². The number of phosphoric acid groups is 1. The largest absolute Gasteiger partial charge is 0.472 e. The third-order valence-electron chi connectivity index (χ3n) is 4.25. The van der Waals surface area contributed by atoms with Crippen LogP contribution in [0.5, 0.6) is 0 Å². The van der Waals surface area contributed by atoms with Gasteiger partial charge in [-0.3, -0.25) is 9.05 Å². The fourth-order valence-corrected chi connectivity index (χ4v) is 3.83. The molecule has 0 spiro atoms. The second-order valence-electron chi connectivity index (χ2n) is 7.79. The zero-order valence-electron chi connectivity index (χ0n) is 14.4. The Labute approximate surface area is 129 Å². The van der Waals surface area contributed by atoms with E-state index >= 15 is 0 Å². The first-order valence-electron chi connectivity index (χ1n) is 7.96. The molecule has 1 rings (SSSR count). The number of hydrogen-bond acceptors (Lipinski definition) is 3. The number of hydrogen-bond donors (Lipinski definition) is 1. The molecule has 0 aromatic heterocycles. The molecule has 1 aliphatic rings. The summed E-state index contributed by atoms with van der Waals surface area (Å²) in [5.41, 5.74) is 0. The van der Waals surface area contributed by atoms with Crippen molar-refractivity contribution in [2.24, 2.45) is 17.8 Å². The van der Waals surface area contributed by atoms with Gasteiger partial charge in [0.15, 0.2) is 0 Å². The summed E-state index contributed by atoms with van der Waals surface area (Å²) in [6.45, 7) is 7.37. The molecule has 5 nitrogen and oxygen atoms in total. The molecule has 21 heavy (non-hydrogen) atoms. The average Bonchev–Trinajstić information content (AvgIpc) is 2.25. The van der Waals surface area contributed by atoms with Crippen molar-refractivity contribution in [3.05, 3.63) is 0 Å². The number of rotatable bonds is 7. The van der Waals surface area contributed by atoms with E-state index in [4.69, 9.17) is 9.05 Å². The summed E-state index contributed by atoms with van der Waals surface area (Å²) in [5, 5.41) is 0. The highest BCUT2D eigenvalue weighted by atomic mass is 31.2. The monoisotopic (exact) mass is 322 g/mol. The molecule has 1 N–H and O–H groups in total. The molecule has 0 radical (unpaired) electrons. The predicted molar refractivity (Wildman–Crippen MR) is 84.9 cm³/mol. The van der Waals surface area contributed by atoms with Gasteiger partial charge in [-0.05, 0) is 30.6 Å². The molecule has 0 aromatic rings. The van der Waals surface area contributed by atoms with Crippen LogP contribution in [0.1, 0.15) is 40.0 Å². The molecular weight excluding hydrogens is 289 g/mol. The van der Waals surface area contributed by atoms with Crippen LogP contribution in [0.15, 0.2) is 0 Å². The Morgan fingerprint density at radius 1 is 1.29 bits per heavy atom. The van der Waals surface area contributed by atoms with Gasteiger partial charge in [-0.15, -0.1) is 0 Å². The van der Waals surface area contributed by atoms with Gasteiger partial charge in [-0.1, -0.05) is 27.2 Å². The lowest BCUT2D eigenvalue weighted by Crippen LogP contribution is -2.37. The van der Waals surface area contributed by atoms with E-state index in [9.17, 15) is 9.46 Å². The highest BCUT2D eigenvalue weighted by Crippen LogP contribution is 2.49. The van der Waals surface area contributed by atoms with E-state index in [2.05, 4.69) is 20.8 Å². The maximum Gasteiger partial charge on any atom is 0.472 e. The second kappa shape index (κ2) is 7.56. The van der Waals surface area contributed by atoms with Crippen molar-refractivity contribution in [3.8, 4) is 0 Å². The predicted octanol–water partition coefficient (Wildman–Crippen LogP) is 3.29. The minimum atomic E-state index is -3.96. The molecular formula is C15H33NO4P+. The molecule has 0 bridgehead atoms. The Morgan fingerprint density at radius 3 is 2.43 bits per heavy atom. The van der Waals surface area contributed by atoms with Gasteiger partial charge in [0, 0.05) is 0 Å². The molecule has 0 amide bonds. The van der Waals surface area contributed by atoms with E-state index in [1.54, 1.807) is 0 Å². The highest BCUT2D eigenvalue weighted by Gasteiger charge is 2.37. The van der Waals surface area contributed by atoms with Gasteiger partial charge in [-0.25, -0.2) is 4.57 Å². The Bertz CT molecular complexity index is 367. The minimum absolute atomic E-state index is 0.172. The molecule has 1 saturated carbocycles. The molecule has 1 aliphatic carbocycles. The van der Waals surface area contributed by atoms with Crippen molar-refractivity contribution in [3.63, 3.8) is 0 Å². The van der Waals surface area contributed by atoms with Crippen molar-refractivity contribution in [2.75, 3.05) is 34.3 Å². The third kappa shape index (κ3) is 7.25. The Hall–Kier alpha value is 0.0700. The van der Waals surface area contributed by atoms with E-state index in [1.165, 1.54) is 6.42 Å². The highest BCUT2D eigenvalue weighted by molar-refractivity contribution is 7.47. The van der Waals surface area contributed by atoms with E-state index in [0.29, 0.717) is 28.8 Å². The van der Waals surface area contributed by atoms with Gasteiger partial charge in [0.25, 0.3) is 0 Å². The van der Waals surface area contributed by atoms with Crippen molar-refractivity contribution >= 4 is 7.82 Å². The van der Waals surface area contributed by atoms with Crippen LogP contribution in [0.2, 0.25) is 0 Å². The maximum atomic E-state index is 12.1. The van der Waals surface area contributed by atoms with Crippen LogP contribution in [0.25, 0.3) is 0 Å². The van der Waals surface area contributed by atoms with Crippen molar-refractivity contribution in [2.45, 2.75) is 46.1 Å². The van der Waals surface area contributed by atoms with Crippen LogP contribution in [0.4, 0.5) is 0 Å². The van der Waals surface area contributed by atoms with Crippen LogP contribution in [-0.2, 0) is 13.6 Å². The van der Waals surface area contributed by atoms with Crippen molar-refractivity contribution in [1.29, 1.82) is 0 Å². The van der Waals surface area contributed by atoms with Gasteiger partial charge >= 0.3 is 7.82 Å². The molecule has 6 heteroatoms. The molecule has 4 atom stereocenters. The van der Waals surface area contributed by atoms with Gasteiger partial charge in [0.1, 0.15) is 13.2 Å². The Kier molecular flexibility index (Phi) is 6.88. The summed E-state index contributed by atoms with van der Waals surface area (Å²) in [6, 6.07) is 0. The first-order chi connectivity index (χ1) is 9.50. The SMILES string of the molecule is CC(C)[C@@H]1CC[C@@H](C)C[C@H]1OP(=O)(O)OCC[N+](C)(C)C. The number of nitrogens with zero attached hydrogens (tertiary/aromatic N) is 1. The van der Waals surface area contributed by atoms with E-state index in [0.717, 1.165) is 12.8 Å². The van der Waals surface area contributed by atoms with Gasteiger partial charge in [0.05, 0.1) is 27.2 Å². The third-order valence-corrected chi connectivity index (χ3v) is 5.29. The Morgan fingerprint density at radius 2 is 1.90 bits per heavy atom. The summed E-state index contributed by atoms with van der Waals surface area (Å²) >= 11 is 0. The number of likely N-dealkylation sites (N-methyl/N-ethyl adjacent to an activating group) is 1. The maximum absolute atomic E-state index is 12.1. The molecule has 0 aliphatic heterocycles. The fraction of sp³-hybridized carbons (Fsp3) is 1.00. The smallest absolute Gasteiger partial charge is 0.329 e. The molecule has 126 valence electrons. The Balaban J connectivity index is 2.56. The van der Waals surface area contributed by atoms with Crippen molar-refractivity contribution in [1.82, 2.24) is 0 Å². The van der Waals surface area contributed by atoms with Crippen LogP contribution in [0, 0.1) is 17.8 Å². The molecule has 0 aromatic carbocycles. The summed E-state index contributed by atoms with van der Waals surface area (Å²) in [6.07, 6.45) is 2.89. The number of quaternary nitrogens is 1. The van der Waals surface area contributed by atoms with Crippen molar-refractivity contribution < 1.29 is 23.0 Å². The summed E-state index contributed by atoms with van der Waals surface area (Å²) in [4.78, 5) is 9.95. The summed E-state index contributed by atoms with van der Waals surface area (Å²) in [5.74, 6) is 1.33. The topological polar surface area (TPSA) is 55.8 Å². The lowest BCUT2D eigenvalue weighted by atomic mass is 9.75. The van der Waals surface area contributed by atoms with Gasteiger partial charge in [-0.2, -0.15) is 0 Å². The molecule has 0 heterocycles. The molecule has 0 saturated heterocycles.